The standard InChI is InChI=1S/C10H10Cl2N2O/c1-13-4-5-14(10(13)15)7-2-3-8(11)9(12)6-7/h2-3,6H,4-5H2,1H3. The van der Waals surface area contributed by atoms with E-state index in [9.17, 15) is 4.79 Å². The van der Waals surface area contributed by atoms with E-state index in [0.29, 0.717) is 16.6 Å². The summed E-state index contributed by atoms with van der Waals surface area (Å²) < 4.78 is 0. The van der Waals surface area contributed by atoms with E-state index in [1.165, 1.54) is 0 Å². The molecule has 1 saturated heterocycles. The number of carbonyl (C=O) groups excluding carboxylic acids is 1. The molecule has 0 unspecified atom stereocenters. The lowest BCUT2D eigenvalue weighted by molar-refractivity contribution is 0.229. The van der Waals surface area contributed by atoms with Crippen LogP contribution in [0.2, 0.25) is 10.0 Å². The molecule has 1 aromatic rings. The molecule has 0 spiro atoms. The van der Waals surface area contributed by atoms with Crippen molar-refractivity contribution in [2.75, 3.05) is 25.0 Å². The number of urea groups is 1. The first-order valence-corrected chi connectivity index (χ1v) is 5.33. The van der Waals surface area contributed by atoms with Crippen LogP contribution in [-0.2, 0) is 0 Å². The summed E-state index contributed by atoms with van der Waals surface area (Å²) >= 11 is 11.7. The third kappa shape index (κ3) is 1.90. The first-order valence-electron chi connectivity index (χ1n) is 4.57. The molecule has 0 saturated carbocycles. The molecule has 1 fully saturated rings. The summed E-state index contributed by atoms with van der Waals surface area (Å²) in [5.74, 6) is 0. The van der Waals surface area contributed by atoms with Crippen LogP contribution in [0.25, 0.3) is 0 Å². The van der Waals surface area contributed by atoms with Crippen LogP contribution in [0, 0.1) is 0 Å². The Morgan fingerprint density at radius 1 is 1.20 bits per heavy atom. The number of hydrogen-bond acceptors (Lipinski definition) is 1. The summed E-state index contributed by atoms with van der Waals surface area (Å²) in [5.41, 5.74) is 0.791. The number of halogens is 2. The number of hydrogen-bond donors (Lipinski definition) is 0. The van der Waals surface area contributed by atoms with E-state index >= 15 is 0 Å². The van der Waals surface area contributed by atoms with Crippen LogP contribution in [-0.4, -0.2) is 31.1 Å². The van der Waals surface area contributed by atoms with E-state index in [-0.39, 0.29) is 6.03 Å². The average molecular weight is 245 g/mol. The van der Waals surface area contributed by atoms with Crippen LogP contribution in [0.15, 0.2) is 18.2 Å². The number of anilines is 1. The maximum Gasteiger partial charge on any atom is 0.324 e. The summed E-state index contributed by atoms with van der Waals surface area (Å²) in [6.45, 7) is 1.42. The van der Waals surface area contributed by atoms with E-state index in [4.69, 9.17) is 23.2 Å². The molecule has 0 bridgehead atoms. The minimum Gasteiger partial charge on any atom is -0.326 e. The van der Waals surface area contributed by atoms with Crippen molar-refractivity contribution in [2.45, 2.75) is 0 Å². The highest BCUT2D eigenvalue weighted by molar-refractivity contribution is 6.42. The second-order valence-corrected chi connectivity index (χ2v) is 4.27. The minimum atomic E-state index is -0.00612. The number of likely N-dealkylation sites (N-methyl/N-ethyl adjacent to an activating group) is 1. The van der Waals surface area contributed by atoms with Crippen molar-refractivity contribution in [3.8, 4) is 0 Å². The van der Waals surface area contributed by atoms with Crippen molar-refractivity contribution in [3.63, 3.8) is 0 Å². The van der Waals surface area contributed by atoms with E-state index in [1.54, 1.807) is 35.0 Å². The van der Waals surface area contributed by atoms with Gasteiger partial charge >= 0.3 is 6.03 Å². The highest BCUT2D eigenvalue weighted by atomic mass is 35.5. The predicted octanol–water partition coefficient (Wildman–Crippen LogP) is 2.87. The van der Waals surface area contributed by atoms with Crippen molar-refractivity contribution in [3.05, 3.63) is 28.2 Å². The third-order valence-corrected chi connectivity index (χ3v) is 3.17. The largest absolute Gasteiger partial charge is 0.326 e. The zero-order valence-electron chi connectivity index (χ0n) is 8.20. The Balaban J connectivity index is 2.31. The van der Waals surface area contributed by atoms with E-state index in [0.717, 1.165) is 12.2 Å². The van der Waals surface area contributed by atoms with Gasteiger partial charge in [0.2, 0.25) is 0 Å². The molecule has 2 amide bonds. The van der Waals surface area contributed by atoms with Gasteiger partial charge in [-0.2, -0.15) is 0 Å². The number of rotatable bonds is 1. The Morgan fingerprint density at radius 3 is 2.47 bits per heavy atom. The van der Waals surface area contributed by atoms with Crippen molar-refractivity contribution in [1.29, 1.82) is 0 Å². The van der Waals surface area contributed by atoms with Crippen molar-refractivity contribution in [2.24, 2.45) is 0 Å². The summed E-state index contributed by atoms with van der Waals surface area (Å²) in [5, 5.41) is 0.969. The zero-order valence-corrected chi connectivity index (χ0v) is 9.72. The van der Waals surface area contributed by atoms with Gasteiger partial charge in [-0.05, 0) is 18.2 Å². The number of carbonyl (C=O) groups is 1. The molecule has 0 atom stereocenters. The Kier molecular flexibility index (Phi) is 2.76. The summed E-state index contributed by atoms with van der Waals surface area (Å²) in [4.78, 5) is 15.0. The quantitative estimate of drug-likeness (QED) is 0.746. The predicted molar refractivity (Wildman–Crippen MR) is 61.8 cm³/mol. The van der Waals surface area contributed by atoms with Gasteiger partial charge in [-0.25, -0.2) is 4.79 Å². The molecule has 0 aliphatic carbocycles. The van der Waals surface area contributed by atoms with E-state index in [2.05, 4.69) is 0 Å². The lowest BCUT2D eigenvalue weighted by Crippen LogP contribution is -2.29. The van der Waals surface area contributed by atoms with Crippen LogP contribution in [0.3, 0.4) is 0 Å². The number of amides is 2. The lowest BCUT2D eigenvalue weighted by atomic mass is 10.3. The van der Waals surface area contributed by atoms with E-state index < -0.39 is 0 Å². The van der Waals surface area contributed by atoms with Gasteiger partial charge in [0, 0.05) is 25.8 Å². The molecular formula is C10H10Cl2N2O. The topological polar surface area (TPSA) is 23.6 Å². The molecule has 1 aliphatic heterocycles. The van der Waals surface area contributed by atoms with Gasteiger partial charge in [-0.15, -0.1) is 0 Å². The molecule has 1 aromatic carbocycles. The van der Waals surface area contributed by atoms with Crippen LogP contribution in [0.5, 0.6) is 0 Å². The highest BCUT2D eigenvalue weighted by Crippen LogP contribution is 2.28. The molecule has 0 radical (unpaired) electrons. The fourth-order valence-electron chi connectivity index (χ4n) is 1.54. The van der Waals surface area contributed by atoms with Gasteiger partial charge in [0.1, 0.15) is 0 Å². The molecular weight excluding hydrogens is 235 g/mol. The molecule has 0 N–H and O–H groups in total. The first kappa shape index (κ1) is 10.6. The van der Waals surface area contributed by atoms with Crippen LogP contribution in [0.4, 0.5) is 10.5 Å². The Hall–Kier alpha value is -0.930. The summed E-state index contributed by atoms with van der Waals surface area (Å²) in [6, 6.07) is 5.20. The molecule has 1 heterocycles. The smallest absolute Gasteiger partial charge is 0.324 e. The number of nitrogens with zero attached hydrogens (tertiary/aromatic N) is 2. The highest BCUT2D eigenvalue weighted by Gasteiger charge is 2.26. The number of benzene rings is 1. The Labute approximate surface area is 98.2 Å². The van der Waals surface area contributed by atoms with Gasteiger partial charge in [0.05, 0.1) is 10.0 Å². The second kappa shape index (κ2) is 3.91. The van der Waals surface area contributed by atoms with Crippen LogP contribution < -0.4 is 4.90 Å². The SMILES string of the molecule is CN1CCN(c2ccc(Cl)c(Cl)c2)C1=O. The fraction of sp³-hybridized carbons (Fsp3) is 0.300. The minimum absolute atomic E-state index is 0.00612. The first-order chi connectivity index (χ1) is 7.09. The van der Waals surface area contributed by atoms with Gasteiger partial charge in [0.25, 0.3) is 0 Å². The van der Waals surface area contributed by atoms with Crippen LogP contribution >= 0.6 is 23.2 Å². The van der Waals surface area contributed by atoms with Crippen molar-refractivity contribution in [1.82, 2.24) is 4.90 Å². The fourth-order valence-corrected chi connectivity index (χ4v) is 1.83. The Morgan fingerprint density at radius 2 is 1.93 bits per heavy atom. The average Bonchev–Trinajstić information content (AvgIpc) is 2.53. The summed E-state index contributed by atoms with van der Waals surface area (Å²) in [6.07, 6.45) is 0. The molecule has 5 heteroatoms. The molecule has 1 aliphatic rings. The summed E-state index contributed by atoms with van der Waals surface area (Å²) in [7, 11) is 1.78. The van der Waals surface area contributed by atoms with Crippen molar-refractivity contribution >= 4 is 34.9 Å². The van der Waals surface area contributed by atoms with Gasteiger partial charge in [-0.1, -0.05) is 23.2 Å². The maximum atomic E-state index is 11.7. The molecule has 2 rings (SSSR count). The molecule has 3 nitrogen and oxygen atoms in total. The second-order valence-electron chi connectivity index (χ2n) is 3.45. The zero-order chi connectivity index (χ0) is 11.0. The molecule has 80 valence electrons. The Bertz CT molecular complexity index is 408. The lowest BCUT2D eigenvalue weighted by Gasteiger charge is -2.16. The maximum absolute atomic E-state index is 11.7. The van der Waals surface area contributed by atoms with Gasteiger partial charge in [0.15, 0.2) is 0 Å². The van der Waals surface area contributed by atoms with Crippen LogP contribution in [0.1, 0.15) is 0 Å². The van der Waals surface area contributed by atoms with Crippen molar-refractivity contribution < 1.29 is 4.79 Å². The molecule has 0 aromatic heterocycles. The van der Waals surface area contributed by atoms with Gasteiger partial charge in [-0.3, -0.25) is 4.90 Å². The third-order valence-electron chi connectivity index (χ3n) is 2.43. The monoisotopic (exact) mass is 244 g/mol. The normalized spacial score (nSPS) is 16.3. The van der Waals surface area contributed by atoms with E-state index in [1.807, 2.05) is 0 Å². The molecule has 15 heavy (non-hydrogen) atoms. The van der Waals surface area contributed by atoms with Gasteiger partial charge < -0.3 is 4.90 Å².